The van der Waals surface area contributed by atoms with Crippen molar-refractivity contribution in [3.8, 4) is 11.1 Å². The summed E-state index contributed by atoms with van der Waals surface area (Å²) in [6, 6.07) is 19.6. The van der Waals surface area contributed by atoms with Gasteiger partial charge in [0, 0.05) is 53.6 Å². The van der Waals surface area contributed by atoms with E-state index in [9.17, 15) is 0 Å². The van der Waals surface area contributed by atoms with E-state index in [1.165, 1.54) is 0 Å². The molecule has 1 spiro atoms. The summed E-state index contributed by atoms with van der Waals surface area (Å²) in [6.07, 6.45) is 1.78. The van der Waals surface area contributed by atoms with Crippen molar-refractivity contribution in [1.82, 2.24) is 14.9 Å². The van der Waals surface area contributed by atoms with Gasteiger partial charge in [0.25, 0.3) is 0 Å². The Hall–Kier alpha value is -3.39. The van der Waals surface area contributed by atoms with Gasteiger partial charge in [-0.05, 0) is 47.5 Å². The zero-order valence-electron chi connectivity index (χ0n) is 19.0. The van der Waals surface area contributed by atoms with Gasteiger partial charge in [0.15, 0.2) is 0 Å². The summed E-state index contributed by atoms with van der Waals surface area (Å²) in [6.45, 7) is 4.59. The van der Waals surface area contributed by atoms with E-state index in [2.05, 4.69) is 32.3 Å². The lowest BCUT2D eigenvalue weighted by molar-refractivity contribution is -0.191. The van der Waals surface area contributed by atoms with Crippen molar-refractivity contribution in [2.75, 3.05) is 31.6 Å². The Kier molecular flexibility index (Phi) is 4.84. The molecule has 0 atom stereocenters. The van der Waals surface area contributed by atoms with Gasteiger partial charge in [0.2, 0.25) is 0 Å². The number of likely N-dealkylation sites (tertiary alicyclic amines) is 1. The van der Waals surface area contributed by atoms with E-state index in [0.717, 1.165) is 76.5 Å². The van der Waals surface area contributed by atoms with Crippen molar-refractivity contribution in [3.63, 3.8) is 0 Å². The number of ether oxygens (including phenoxy) is 1. The largest absolute Gasteiger partial charge is 0.380 e. The lowest BCUT2D eigenvalue weighted by Crippen LogP contribution is -2.65. The molecule has 5 aromatic rings. The Morgan fingerprint density at radius 1 is 0.971 bits per heavy atom. The Morgan fingerprint density at radius 3 is 2.71 bits per heavy atom. The molecule has 2 aliphatic heterocycles. The lowest BCUT2D eigenvalue weighted by atomic mass is 9.78. The second-order valence-electron chi connectivity index (χ2n) is 9.70. The van der Waals surface area contributed by atoms with Gasteiger partial charge in [0.05, 0.1) is 34.5 Å². The van der Waals surface area contributed by atoms with Crippen molar-refractivity contribution < 1.29 is 9.13 Å². The zero-order chi connectivity index (χ0) is 23.4. The molecule has 0 radical (unpaired) electrons. The number of hydrogen-bond donors (Lipinski definition) is 1. The second kappa shape index (κ2) is 8.09. The van der Waals surface area contributed by atoms with Crippen LogP contribution in [0.1, 0.15) is 5.56 Å². The van der Waals surface area contributed by atoms with E-state index in [1.54, 1.807) is 23.6 Å². The van der Waals surface area contributed by atoms with Crippen LogP contribution in [0.5, 0.6) is 0 Å². The van der Waals surface area contributed by atoms with E-state index < -0.39 is 0 Å². The zero-order valence-corrected chi connectivity index (χ0v) is 19.8. The fourth-order valence-corrected chi connectivity index (χ4v) is 5.91. The SMILES string of the molecule is Fc1cc(CN2CC3(COC3)C2)ccc1-c1ccc2c(Nc3ccc4scnc4c3)ccnc2c1. The number of halogens is 1. The first kappa shape index (κ1) is 20.9. The number of thiazole rings is 1. The average Bonchev–Trinajstić information content (AvgIpc) is 3.28. The van der Waals surface area contributed by atoms with Crippen LogP contribution in [0.2, 0.25) is 0 Å². The number of aromatic nitrogens is 2. The predicted molar refractivity (Wildman–Crippen MR) is 139 cm³/mol. The molecule has 4 heterocycles. The van der Waals surface area contributed by atoms with E-state index >= 15 is 4.39 Å². The summed E-state index contributed by atoms with van der Waals surface area (Å²) >= 11 is 1.63. The predicted octanol–water partition coefficient (Wildman–Crippen LogP) is 6.23. The Balaban J connectivity index is 1.13. The monoisotopic (exact) mass is 482 g/mol. The van der Waals surface area contributed by atoms with Gasteiger partial charge in [-0.3, -0.25) is 9.88 Å². The van der Waals surface area contributed by atoms with Crippen LogP contribution in [0.15, 0.2) is 72.4 Å². The smallest absolute Gasteiger partial charge is 0.131 e. The van der Waals surface area contributed by atoms with Gasteiger partial charge in [-0.1, -0.05) is 24.3 Å². The number of rotatable bonds is 5. The molecule has 3 aromatic carbocycles. The molecule has 2 saturated heterocycles. The molecule has 2 fully saturated rings. The molecule has 0 bridgehead atoms. The van der Waals surface area contributed by atoms with Crippen LogP contribution in [0.25, 0.3) is 32.2 Å². The van der Waals surface area contributed by atoms with E-state index in [-0.39, 0.29) is 5.82 Å². The first-order valence-corrected chi connectivity index (χ1v) is 12.6. The molecular weight excluding hydrogens is 459 g/mol. The van der Waals surface area contributed by atoms with Crippen LogP contribution in [0.4, 0.5) is 15.8 Å². The van der Waals surface area contributed by atoms with Crippen LogP contribution in [-0.4, -0.2) is 41.2 Å². The summed E-state index contributed by atoms with van der Waals surface area (Å²) in [5.74, 6) is -0.199. The van der Waals surface area contributed by atoms with E-state index in [0.29, 0.717) is 11.0 Å². The third-order valence-electron chi connectivity index (χ3n) is 7.04. The van der Waals surface area contributed by atoms with Gasteiger partial charge in [-0.15, -0.1) is 11.3 Å². The maximum absolute atomic E-state index is 15.1. The van der Waals surface area contributed by atoms with E-state index in [1.807, 2.05) is 48.0 Å². The summed E-state index contributed by atoms with van der Waals surface area (Å²) < 4.78 is 21.6. The molecule has 1 N–H and O–H groups in total. The molecule has 0 amide bonds. The maximum atomic E-state index is 15.1. The number of hydrogen-bond acceptors (Lipinski definition) is 6. The van der Waals surface area contributed by atoms with Crippen LogP contribution in [-0.2, 0) is 11.3 Å². The molecule has 174 valence electrons. The number of nitrogens with one attached hydrogen (secondary N) is 1. The fraction of sp³-hybridized carbons (Fsp3) is 0.214. The Labute approximate surface area is 206 Å². The normalized spacial score (nSPS) is 16.9. The molecule has 35 heavy (non-hydrogen) atoms. The summed E-state index contributed by atoms with van der Waals surface area (Å²) in [5, 5.41) is 4.47. The standard InChI is InChI=1S/C28H23FN4OS/c29-23-9-18(12-33-13-28(14-33)15-34-16-28)1-4-21(23)19-2-5-22-24(7-8-30-25(22)10-19)32-20-3-6-27-26(11-20)31-17-35-27/h1-11,17H,12-16H2,(H,30,32). The first-order valence-electron chi connectivity index (χ1n) is 11.7. The van der Waals surface area contributed by atoms with Gasteiger partial charge >= 0.3 is 0 Å². The van der Waals surface area contributed by atoms with E-state index in [4.69, 9.17) is 4.74 Å². The van der Waals surface area contributed by atoms with Crippen LogP contribution in [0.3, 0.4) is 0 Å². The highest BCUT2D eigenvalue weighted by Crippen LogP contribution is 2.38. The second-order valence-corrected chi connectivity index (χ2v) is 10.6. The average molecular weight is 483 g/mol. The van der Waals surface area contributed by atoms with Crippen molar-refractivity contribution in [2.24, 2.45) is 5.41 Å². The molecule has 5 nitrogen and oxygen atoms in total. The van der Waals surface area contributed by atoms with Crippen molar-refractivity contribution in [3.05, 3.63) is 83.8 Å². The number of benzene rings is 3. The van der Waals surface area contributed by atoms with Gasteiger partial charge < -0.3 is 10.1 Å². The third kappa shape index (κ3) is 3.76. The summed E-state index contributed by atoms with van der Waals surface area (Å²) in [4.78, 5) is 11.3. The highest BCUT2D eigenvalue weighted by Gasteiger charge is 2.48. The molecular formula is C28H23FN4OS. The number of nitrogens with zero attached hydrogens (tertiary/aromatic N) is 3. The molecule has 7 heteroatoms. The number of anilines is 2. The van der Waals surface area contributed by atoms with Crippen LogP contribution < -0.4 is 5.32 Å². The fourth-order valence-electron chi connectivity index (χ4n) is 5.25. The lowest BCUT2D eigenvalue weighted by Gasteiger charge is -2.55. The molecule has 2 aliphatic rings. The minimum Gasteiger partial charge on any atom is -0.380 e. The van der Waals surface area contributed by atoms with Gasteiger partial charge in [-0.2, -0.15) is 0 Å². The quantitative estimate of drug-likeness (QED) is 0.322. The highest BCUT2D eigenvalue weighted by atomic mass is 32.1. The minimum absolute atomic E-state index is 0.199. The van der Waals surface area contributed by atoms with Crippen molar-refractivity contribution in [1.29, 1.82) is 0 Å². The molecule has 0 aliphatic carbocycles. The molecule has 7 rings (SSSR count). The highest BCUT2D eigenvalue weighted by molar-refractivity contribution is 7.16. The first-order chi connectivity index (χ1) is 17.1. The van der Waals surface area contributed by atoms with Crippen LogP contribution >= 0.6 is 11.3 Å². The minimum atomic E-state index is -0.199. The Morgan fingerprint density at radius 2 is 1.89 bits per heavy atom. The van der Waals surface area contributed by atoms with Crippen molar-refractivity contribution >= 4 is 43.8 Å². The van der Waals surface area contributed by atoms with Gasteiger partial charge in [0.1, 0.15) is 5.82 Å². The number of fused-ring (bicyclic) bond motifs is 2. The Bertz CT molecular complexity index is 1570. The third-order valence-corrected chi connectivity index (χ3v) is 7.85. The molecule has 0 unspecified atom stereocenters. The molecule has 2 aromatic heterocycles. The van der Waals surface area contributed by atoms with Crippen LogP contribution in [0, 0.1) is 11.2 Å². The summed E-state index contributed by atoms with van der Waals surface area (Å²) in [5.41, 5.74) is 8.37. The summed E-state index contributed by atoms with van der Waals surface area (Å²) in [7, 11) is 0. The topological polar surface area (TPSA) is 50.3 Å². The molecule has 0 saturated carbocycles. The van der Waals surface area contributed by atoms with Gasteiger partial charge in [-0.25, -0.2) is 9.37 Å². The maximum Gasteiger partial charge on any atom is 0.131 e. The number of pyridine rings is 1. The van der Waals surface area contributed by atoms with Crippen molar-refractivity contribution in [2.45, 2.75) is 6.54 Å².